The number of hydrogen-bond acceptors (Lipinski definition) is 5. The van der Waals surface area contributed by atoms with Gasteiger partial charge in [-0.3, -0.25) is 4.79 Å². The first-order valence-electron chi connectivity index (χ1n) is 10.2. The highest BCUT2D eigenvalue weighted by Crippen LogP contribution is 2.30. The lowest BCUT2D eigenvalue weighted by Gasteiger charge is -2.08. The Bertz CT molecular complexity index is 1380. The van der Waals surface area contributed by atoms with Gasteiger partial charge in [-0.15, -0.1) is 0 Å². The average molecular weight is 462 g/mol. The molecule has 1 aromatic heterocycles. The van der Waals surface area contributed by atoms with E-state index in [1.54, 1.807) is 43.5 Å². The number of sulfone groups is 1. The molecule has 0 aliphatic carbocycles. The quantitative estimate of drug-likeness (QED) is 0.423. The molecule has 0 unspecified atom stereocenters. The number of nitrogens with one attached hydrogen (secondary N) is 2. The molecule has 4 aromatic rings. The molecule has 7 nitrogen and oxygen atoms in total. The number of carbonyl (C=O) groups is 1. The zero-order chi connectivity index (χ0) is 23.4. The van der Waals surface area contributed by atoms with Crippen LogP contribution in [0.5, 0.6) is 5.75 Å². The van der Waals surface area contributed by atoms with Gasteiger partial charge in [0.15, 0.2) is 5.03 Å². The number of H-pyrrole nitrogens is 1. The van der Waals surface area contributed by atoms with E-state index >= 15 is 0 Å². The average Bonchev–Trinajstić information content (AvgIpc) is 3.27. The molecule has 1 amide bonds. The Morgan fingerprint density at radius 3 is 2.33 bits per heavy atom. The first-order valence-corrected chi connectivity index (χ1v) is 11.9. The maximum absolute atomic E-state index is 13.3. The van der Waals surface area contributed by atoms with Gasteiger partial charge in [-0.2, -0.15) is 0 Å². The summed E-state index contributed by atoms with van der Waals surface area (Å²) < 4.78 is 31.7. The van der Waals surface area contributed by atoms with E-state index in [-0.39, 0.29) is 10.7 Å². The Balaban J connectivity index is 1.67. The normalized spacial score (nSPS) is 11.2. The second-order valence-corrected chi connectivity index (χ2v) is 9.46. The molecular weight excluding hydrogens is 438 g/mol. The number of rotatable bonds is 7. The van der Waals surface area contributed by atoms with Crippen LogP contribution in [-0.4, -0.2) is 37.2 Å². The van der Waals surface area contributed by atoms with E-state index in [0.717, 1.165) is 11.1 Å². The number of methoxy groups -OCH3 is 1. The monoisotopic (exact) mass is 461 g/mol. The van der Waals surface area contributed by atoms with Gasteiger partial charge in [0.2, 0.25) is 15.7 Å². The lowest BCUT2D eigenvalue weighted by atomic mass is 10.1. The van der Waals surface area contributed by atoms with E-state index in [9.17, 15) is 13.2 Å². The van der Waals surface area contributed by atoms with Gasteiger partial charge in [-0.25, -0.2) is 13.4 Å². The predicted octanol–water partition coefficient (Wildman–Crippen LogP) is 4.47. The Hall–Kier alpha value is -3.91. The number of aromatic nitrogens is 2. The van der Waals surface area contributed by atoms with Gasteiger partial charge in [0.25, 0.3) is 0 Å². The van der Waals surface area contributed by atoms with E-state index in [4.69, 9.17) is 4.74 Å². The topological polar surface area (TPSA) is 101 Å². The fourth-order valence-electron chi connectivity index (χ4n) is 3.42. The number of carbonyl (C=O) groups excluding carboxylic acids is 1. The summed E-state index contributed by atoms with van der Waals surface area (Å²) >= 11 is 0. The Morgan fingerprint density at radius 1 is 0.970 bits per heavy atom. The van der Waals surface area contributed by atoms with Crippen LogP contribution in [0.4, 0.5) is 5.69 Å². The summed E-state index contributed by atoms with van der Waals surface area (Å²) in [6.07, 6.45) is 0. The number of hydrogen-bond donors (Lipinski definition) is 2. The van der Waals surface area contributed by atoms with Crippen molar-refractivity contribution in [3.05, 3.63) is 84.4 Å². The maximum atomic E-state index is 13.3. The number of amides is 1. The molecule has 8 heteroatoms. The number of benzene rings is 3. The smallest absolute Gasteiger partial charge is 0.240 e. The summed E-state index contributed by atoms with van der Waals surface area (Å²) in [6, 6.07) is 23.3. The zero-order valence-electron chi connectivity index (χ0n) is 18.2. The molecule has 4 rings (SSSR count). The third-order valence-corrected chi connectivity index (χ3v) is 6.57. The second kappa shape index (κ2) is 9.30. The zero-order valence-corrected chi connectivity index (χ0v) is 19.0. The highest BCUT2D eigenvalue weighted by Gasteiger charge is 2.27. The van der Waals surface area contributed by atoms with Gasteiger partial charge in [0.05, 0.1) is 7.11 Å². The molecule has 0 aliphatic heterocycles. The Kier molecular flexibility index (Phi) is 6.28. The molecule has 0 fully saturated rings. The molecule has 0 atom stereocenters. The molecular formula is C25H23N3O4S. The summed E-state index contributed by atoms with van der Waals surface area (Å²) in [7, 11) is -2.48. The minimum Gasteiger partial charge on any atom is -0.497 e. The third-order valence-electron chi connectivity index (χ3n) is 5.02. The van der Waals surface area contributed by atoms with Crippen LogP contribution in [0.2, 0.25) is 0 Å². The van der Waals surface area contributed by atoms with Gasteiger partial charge in [-0.1, -0.05) is 54.1 Å². The fraction of sp³-hybridized carbons (Fsp3) is 0.120. The van der Waals surface area contributed by atoms with Crippen LogP contribution in [-0.2, 0) is 14.6 Å². The minimum absolute atomic E-state index is 0.0879. The highest BCUT2D eigenvalue weighted by molar-refractivity contribution is 7.92. The first kappa shape index (κ1) is 22.3. The van der Waals surface area contributed by atoms with Crippen LogP contribution in [0.15, 0.2) is 83.9 Å². The molecule has 0 saturated heterocycles. The van der Waals surface area contributed by atoms with Crippen LogP contribution >= 0.6 is 0 Å². The summed E-state index contributed by atoms with van der Waals surface area (Å²) in [5.41, 5.74) is 3.18. The molecule has 0 saturated carbocycles. The first-order chi connectivity index (χ1) is 15.9. The van der Waals surface area contributed by atoms with Crippen molar-refractivity contribution in [2.75, 3.05) is 18.2 Å². The van der Waals surface area contributed by atoms with E-state index in [0.29, 0.717) is 22.8 Å². The summed E-state index contributed by atoms with van der Waals surface area (Å²) in [5.74, 6) is -0.319. The standard InChI is InChI=1S/C25H23N3O4S/c1-17-7-6-10-19(15-17)24-27-23(18-8-4-3-5-9-18)25(28-24)33(30,31)16-22(29)26-20-11-13-21(32-2)14-12-20/h3-15H,16H2,1-2H3,(H,26,29)(H,27,28). The third kappa shape index (κ3) is 5.12. The second-order valence-electron chi connectivity index (χ2n) is 7.53. The van der Waals surface area contributed by atoms with E-state index in [2.05, 4.69) is 15.3 Å². The van der Waals surface area contributed by atoms with Crippen molar-refractivity contribution in [1.29, 1.82) is 0 Å². The molecule has 33 heavy (non-hydrogen) atoms. The van der Waals surface area contributed by atoms with Gasteiger partial charge < -0.3 is 15.0 Å². The van der Waals surface area contributed by atoms with Gasteiger partial charge in [0.1, 0.15) is 23.0 Å². The maximum Gasteiger partial charge on any atom is 0.240 e. The summed E-state index contributed by atoms with van der Waals surface area (Å²) in [6.45, 7) is 1.95. The SMILES string of the molecule is COc1ccc(NC(=O)CS(=O)(=O)c2[nH]c(-c3cccc(C)c3)nc2-c2ccccc2)cc1. The van der Waals surface area contributed by atoms with Crippen molar-refractivity contribution in [3.63, 3.8) is 0 Å². The van der Waals surface area contributed by atoms with Crippen molar-refractivity contribution < 1.29 is 17.9 Å². The highest BCUT2D eigenvalue weighted by atomic mass is 32.2. The number of aromatic amines is 1. The molecule has 0 spiro atoms. The van der Waals surface area contributed by atoms with Crippen molar-refractivity contribution in [2.45, 2.75) is 11.9 Å². The predicted molar refractivity (Wildman–Crippen MR) is 128 cm³/mol. The number of aryl methyl sites for hydroxylation is 1. The van der Waals surface area contributed by atoms with Gasteiger partial charge in [-0.05, 0) is 37.3 Å². The van der Waals surface area contributed by atoms with Crippen LogP contribution in [0, 0.1) is 6.92 Å². The molecule has 3 aromatic carbocycles. The molecule has 0 bridgehead atoms. The largest absolute Gasteiger partial charge is 0.497 e. The van der Waals surface area contributed by atoms with E-state index in [1.165, 1.54) is 0 Å². The molecule has 2 N–H and O–H groups in total. The molecule has 0 radical (unpaired) electrons. The van der Waals surface area contributed by atoms with E-state index in [1.807, 2.05) is 49.4 Å². The Labute approximate surface area is 192 Å². The van der Waals surface area contributed by atoms with Crippen LogP contribution < -0.4 is 10.1 Å². The number of nitrogens with zero attached hydrogens (tertiary/aromatic N) is 1. The lowest BCUT2D eigenvalue weighted by Crippen LogP contribution is -2.23. The van der Waals surface area contributed by atoms with Crippen LogP contribution in [0.3, 0.4) is 0 Å². The minimum atomic E-state index is -4.02. The van der Waals surface area contributed by atoms with Gasteiger partial charge in [0, 0.05) is 16.8 Å². The summed E-state index contributed by atoms with van der Waals surface area (Å²) in [4.78, 5) is 20.1. The van der Waals surface area contributed by atoms with Gasteiger partial charge >= 0.3 is 0 Å². The fourth-order valence-corrected chi connectivity index (χ4v) is 4.69. The van der Waals surface area contributed by atoms with Crippen molar-refractivity contribution >= 4 is 21.4 Å². The van der Waals surface area contributed by atoms with Crippen molar-refractivity contribution in [3.8, 4) is 28.4 Å². The van der Waals surface area contributed by atoms with Crippen LogP contribution in [0.1, 0.15) is 5.56 Å². The van der Waals surface area contributed by atoms with Crippen molar-refractivity contribution in [1.82, 2.24) is 9.97 Å². The Morgan fingerprint density at radius 2 is 1.67 bits per heavy atom. The number of ether oxygens (including phenoxy) is 1. The van der Waals surface area contributed by atoms with E-state index < -0.39 is 21.5 Å². The van der Waals surface area contributed by atoms with Crippen molar-refractivity contribution in [2.24, 2.45) is 0 Å². The lowest BCUT2D eigenvalue weighted by molar-refractivity contribution is -0.113. The van der Waals surface area contributed by atoms with Crippen LogP contribution in [0.25, 0.3) is 22.6 Å². The number of anilines is 1. The molecule has 0 aliphatic rings. The molecule has 168 valence electrons. The molecule has 1 heterocycles. The summed E-state index contributed by atoms with van der Waals surface area (Å²) in [5, 5.41) is 2.53. The number of imidazole rings is 1.